The molecular weight excluding hydrogens is 264 g/mol. The molecule has 0 saturated carbocycles. The van der Waals surface area contributed by atoms with E-state index in [0.717, 1.165) is 23.2 Å². The number of halogens is 1. The highest BCUT2D eigenvalue weighted by atomic mass is 35.5. The standard InChI is InChI=1S/C14H21ClN2S/c1-2-17-13(14-5-3-4-8-18-14)9-11-6-7-16-10-12(11)15/h6-7,10,13-14,17H,2-5,8-9H2,1H3. The quantitative estimate of drug-likeness (QED) is 0.895. The van der Waals surface area contributed by atoms with E-state index >= 15 is 0 Å². The van der Waals surface area contributed by atoms with E-state index in [9.17, 15) is 0 Å². The van der Waals surface area contributed by atoms with Gasteiger partial charge in [-0.05, 0) is 43.2 Å². The fourth-order valence-electron chi connectivity index (χ4n) is 2.49. The first-order chi connectivity index (χ1) is 8.81. The average Bonchev–Trinajstić information content (AvgIpc) is 2.42. The molecule has 18 heavy (non-hydrogen) atoms. The maximum absolute atomic E-state index is 6.21. The van der Waals surface area contributed by atoms with Crippen LogP contribution in [-0.2, 0) is 6.42 Å². The summed E-state index contributed by atoms with van der Waals surface area (Å²) in [4.78, 5) is 4.05. The van der Waals surface area contributed by atoms with Gasteiger partial charge in [-0.1, -0.05) is 24.9 Å². The second kappa shape index (κ2) is 7.37. The molecule has 2 nitrogen and oxygen atoms in total. The number of rotatable bonds is 5. The number of pyridine rings is 1. The third-order valence-corrected chi connectivity index (χ3v) is 5.28. The van der Waals surface area contributed by atoms with Gasteiger partial charge in [0.05, 0.1) is 5.02 Å². The lowest BCUT2D eigenvalue weighted by atomic mass is 10.00. The maximum Gasteiger partial charge on any atom is 0.0621 e. The Bertz CT molecular complexity index is 367. The Morgan fingerprint density at radius 3 is 3.11 bits per heavy atom. The van der Waals surface area contributed by atoms with Crippen LogP contribution in [0.4, 0.5) is 0 Å². The largest absolute Gasteiger partial charge is 0.313 e. The van der Waals surface area contributed by atoms with Crippen molar-refractivity contribution in [1.29, 1.82) is 0 Å². The van der Waals surface area contributed by atoms with Gasteiger partial charge in [0.25, 0.3) is 0 Å². The van der Waals surface area contributed by atoms with Gasteiger partial charge in [-0.3, -0.25) is 4.98 Å². The van der Waals surface area contributed by atoms with Gasteiger partial charge in [-0.25, -0.2) is 0 Å². The van der Waals surface area contributed by atoms with Crippen molar-refractivity contribution >= 4 is 23.4 Å². The minimum absolute atomic E-state index is 0.528. The summed E-state index contributed by atoms with van der Waals surface area (Å²) >= 11 is 8.33. The molecule has 0 bridgehead atoms. The van der Waals surface area contributed by atoms with Crippen LogP contribution in [0, 0.1) is 0 Å². The van der Waals surface area contributed by atoms with Gasteiger partial charge >= 0.3 is 0 Å². The molecule has 1 saturated heterocycles. The minimum Gasteiger partial charge on any atom is -0.313 e. The van der Waals surface area contributed by atoms with Crippen LogP contribution >= 0.6 is 23.4 Å². The Kier molecular flexibility index (Phi) is 5.80. The van der Waals surface area contributed by atoms with Crippen LogP contribution in [0.1, 0.15) is 31.7 Å². The van der Waals surface area contributed by atoms with E-state index in [1.54, 1.807) is 6.20 Å². The maximum atomic E-state index is 6.21. The molecule has 1 aliphatic rings. The normalized spacial score (nSPS) is 21.8. The second-order valence-electron chi connectivity index (χ2n) is 4.74. The van der Waals surface area contributed by atoms with E-state index in [0.29, 0.717) is 6.04 Å². The molecule has 2 rings (SSSR count). The van der Waals surface area contributed by atoms with Gasteiger partial charge in [0.1, 0.15) is 0 Å². The van der Waals surface area contributed by atoms with Crippen molar-refractivity contribution in [3.8, 4) is 0 Å². The summed E-state index contributed by atoms with van der Waals surface area (Å²) in [6, 6.07) is 2.57. The van der Waals surface area contributed by atoms with Gasteiger partial charge in [0.2, 0.25) is 0 Å². The third kappa shape index (κ3) is 3.87. The number of aromatic nitrogens is 1. The van der Waals surface area contributed by atoms with Crippen LogP contribution in [0.2, 0.25) is 5.02 Å². The van der Waals surface area contributed by atoms with Crippen molar-refractivity contribution < 1.29 is 0 Å². The number of nitrogens with zero attached hydrogens (tertiary/aromatic N) is 1. The highest BCUT2D eigenvalue weighted by Crippen LogP contribution is 2.29. The second-order valence-corrected chi connectivity index (χ2v) is 6.49. The molecule has 1 aromatic heterocycles. The van der Waals surface area contributed by atoms with Crippen LogP contribution in [0.25, 0.3) is 0 Å². The summed E-state index contributed by atoms with van der Waals surface area (Å²) in [5.41, 5.74) is 1.21. The predicted octanol–water partition coefficient (Wildman–Crippen LogP) is 3.54. The number of hydrogen-bond acceptors (Lipinski definition) is 3. The summed E-state index contributed by atoms with van der Waals surface area (Å²) in [6.07, 6.45) is 8.64. The highest BCUT2D eigenvalue weighted by Gasteiger charge is 2.24. The van der Waals surface area contributed by atoms with Crippen LogP contribution in [0.5, 0.6) is 0 Å². The molecule has 4 heteroatoms. The van der Waals surface area contributed by atoms with Crippen molar-refractivity contribution in [3.63, 3.8) is 0 Å². The topological polar surface area (TPSA) is 24.9 Å². The summed E-state index contributed by atoms with van der Waals surface area (Å²) in [5, 5.41) is 5.15. The highest BCUT2D eigenvalue weighted by molar-refractivity contribution is 8.00. The van der Waals surface area contributed by atoms with Crippen molar-refractivity contribution in [2.45, 2.75) is 43.9 Å². The zero-order valence-electron chi connectivity index (χ0n) is 10.9. The molecule has 0 spiro atoms. The number of thioether (sulfide) groups is 1. The smallest absolute Gasteiger partial charge is 0.0621 e. The Morgan fingerprint density at radius 2 is 2.44 bits per heavy atom. The third-order valence-electron chi connectivity index (χ3n) is 3.43. The van der Waals surface area contributed by atoms with E-state index < -0.39 is 0 Å². The van der Waals surface area contributed by atoms with E-state index in [4.69, 9.17) is 11.6 Å². The van der Waals surface area contributed by atoms with Crippen molar-refractivity contribution in [2.24, 2.45) is 0 Å². The molecule has 1 aromatic rings. The van der Waals surface area contributed by atoms with E-state index in [-0.39, 0.29) is 0 Å². The number of hydrogen-bond donors (Lipinski definition) is 1. The molecule has 2 atom stereocenters. The lowest BCUT2D eigenvalue weighted by Crippen LogP contribution is -2.41. The molecule has 1 fully saturated rings. The van der Waals surface area contributed by atoms with E-state index in [2.05, 4.69) is 29.0 Å². The monoisotopic (exact) mass is 284 g/mol. The molecule has 0 amide bonds. The first-order valence-corrected chi connectivity index (χ1v) is 8.17. The van der Waals surface area contributed by atoms with Crippen LogP contribution in [0.15, 0.2) is 18.5 Å². The van der Waals surface area contributed by atoms with Crippen LogP contribution in [0.3, 0.4) is 0 Å². The fourth-order valence-corrected chi connectivity index (χ4v) is 4.11. The predicted molar refractivity (Wildman–Crippen MR) is 80.5 cm³/mol. The van der Waals surface area contributed by atoms with E-state index in [1.807, 2.05) is 12.3 Å². The summed E-state index contributed by atoms with van der Waals surface area (Å²) < 4.78 is 0. The van der Waals surface area contributed by atoms with Crippen LogP contribution < -0.4 is 5.32 Å². The van der Waals surface area contributed by atoms with E-state index in [1.165, 1.54) is 30.6 Å². The zero-order chi connectivity index (χ0) is 12.8. The molecule has 100 valence electrons. The Hall–Kier alpha value is -0.250. The molecular formula is C14H21ClN2S. The first kappa shape index (κ1) is 14.2. The minimum atomic E-state index is 0.528. The van der Waals surface area contributed by atoms with Gasteiger partial charge in [-0.15, -0.1) is 0 Å². The zero-order valence-corrected chi connectivity index (χ0v) is 12.4. The Morgan fingerprint density at radius 1 is 1.56 bits per heavy atom. The van der Waals surface area contributed by atoms with Gasteiger partial charge in [-0.2, -0.15) is 11.8 Å². The summed E-state index contributed by atoms with van der Waals surface area (Å²) in [5.74, 6) is 1.30. The molecule has 2 unspecified atom stereocenters. The fraction of sp³-hybridized carbons (Fsp3) is 0.643. The molecule has 1 N–H and O–H groups in total. The Balaban J connectivity index is 2.03. The van der Waals surface area contributed by atoms with Gasteiger partial charge in [0.15, 0.2) is 0 Å². The van der Waals surface area contributed by atoms with Gasteiger partial charge in [0, 0.05) is 23.7 Å². The SMILES string of the molecule is CCNC(Cc1ccncc1Cl)C1CCCCS1. The number of likely N-dealkylation sites (N-methyl/N-ethyl adjacent to an activating group) is 1. The molecule has 1 aliphatic heterocycles. The van der Waals surface area contributed by atoms with Crippen molar-refractivity contribution in [1.82, 2.24) is 10.3 Å². The molecule has 2 heterocycles. The summed E-state index contributed by atoms with van der Waals surface area (Å²) in [6.45, 7) is 3.19. The number of nitrogens with one attached hydrogen (secondary N) is 1. The van der Waals surface area contributed by atoms with Gasteiger partial charge < -0.3 is 5.32 Å². The molecule has 0 aliphatic carbocycles. The van der Waals surface area contributed by atoms with Crippen molar-refractivity contribution in [2.75, 3.05) is 12.3 Å². The lowest BCUT2D eigenvalue weighted by Gasteiger charge is -2.30. The van der Waals surface area contributed by atoms with Crippen LogP contribution in [-0.4, -0.2) is 28.6 Å². The lowest BCUT2D eigenvalue weighted by molar-refractivity contribution is 0.472. The molecule has 0 radical (unpaired) electrons. The first-order valence-electron chi connectivity index (χ1n) is 6.74. The van der Waals surface area contributed by atoms with Crippen molar-refractivity contribution in [3.05, 3.63) is 29.0 Å². The summed E-state index contributed by atoms with van der Waals surface area (Å²) in [7, 11) is 0. The average molecular weight is 285 g/mol. The molecule has 0 aromatic carbocycles. The Labute approximate surface area is 119 Å².